The molecule has 2 rings (SSSR count). The Morgan fingerprint density at radius 2 is 1.90 bits per heavy atom. The Balaban J connectivity index is 2.10. The van der Waals surface area contributed by atoms with Gasteiger partial charge in [-0.25, -0.2) is 0 Å². The van der Waals surface area contributed by atoms with Crippen molar-refractivity contribution in [1.29, 1.82) is 0 Å². The molecule has 2 aromatic rings. The van der Waals surface area contributed by atoms with Crippen molar-refractivity contribution in [1.82, 2.24) is 0 Å². The average Bonchev–Trinajstić information content (AvgIpc) is 2.47. The van der Waals surface area contributed by atoms with Crippen molar-refractivity contribution in [3.8, 4) is 5.75 Å². The van der Waals surface area contributed by atoms with Crippen LogP contribution in [-0.2, 0) is 0 Å². The Bertz CT molecular complexity index is 607. The van der Waals surface area contributed by atoms with Crippen LogP contribution in [0.5, 0.6) is 5.75 Å². The molecular weight excluding hydrogens is 250 g/mol. The number of carbonyl (C=O) groups excluding carboxylic acids is 1. The summed E-state index contributed by atoms with van der Waals surface area (Å²) in [5, 5.41) is 0. The molecule has 0 radical (unpaired) electrons. The van der Waals surface area contributed by atoms with Crippen molar-refractivity contribution in [2.24, 2.45) is 0 Å². The monoisotopic (exact) mass is 269 g/mol. The van der Waals surface area contributed by atoms with Gasteiger partial charge in [0.2, 0.25) is 0 Å². The molecule has 0 fully saturated rings. The van der Waals surface area contributed by atoms with Gasteiger partial charge in [-0.1, -0.05) is 24.3 Å². The normalized spacial score (nSPS) is 10.2. The molecule has 0 unspecified atom stereocenters. The quantitative estimate of drug-likeness (QED) is 0.780. The maximum Gasteiger partial charge on any atom is 0.182 e. The number of ketones is 1. The number of hydrogen-bond acceptors (Lipinski definition) is 3. The van der Waals surface area contributed by atoms with E-state index in [1.807, 2.05) is 55.3 Å². The number of methoxy groups -OCH3 is 1. The maximum atomic E-state index is 12.3. The number of anilines is 1. The first kappa shape index (κ1) is 14.1. The van der Waals surface area contributed by atoms with Gasteiger partial charge in [-0.05, 0) is 36.8 Å². The largest absolute Gasteiger partial charge is 0.497 e. The van der Waals surface area contributed by atoms with Gasteiger partial charge >= 0.3 is 0 Å². The van der Waals surface area contributed by atoms with Crippen molar-refractivity contribution in [3.63, 3.8) is 0 Å². The van der Waals surface area contributed by atoms with Crippen molar-refractivity contribution in [3.05, 3.63) is 59.7 Å². The number of likely N-dealkylation sites (N-methyl/N-ethyl adjacent to an activating group) is 1. The third-order valence-electron chi connectivity index (χ3n) is 3.21. The SMILES string of the molecule is COc1cccc(C(=O)CN(C)c2cccc(C)c2)c1. The van der Waals surface area contributed by atoms with Gasteiger partial charge in [0.05, 0.1) is 13.7 Å². The fraction of sp³-hybridized carbons (Fsp3) is 0.235. The molecule has 20 heavy (non-hydrogen) atoms. The smallest absolute Gasteiger partial charge is 0.182 e. The number of rotatable bonds is 5. The lowest BCUT2D eigenvalue weighted by Crippen LogP contribution is -2.25. The van der Waals surface area contributed by atoms with E-state index < -0.39 is 0 Å². The summed E-state index contributed by atoms with van der Waals surface area (Å²) in [4.78, 5) is 14.2. The summed E-state index contributed by atoms with van der Waals surface area (Å²) in [6.45, 7) is 2.39. The highest BCUT2D eigenvalue weighted by atomic mass is 16.5. The Labute approximate surface area is 119 Å². The van der Waals surface area contributed by atoms with E-state index in [2.05, 4.69) is 6.07 Å². The molecule has 0 aliphatic rings. The minimum Gasteiger partial charge on any atom is -0.497 e. The molecule has 0 saturated carbocycles. The first-order chi connectivity index (χ1) is 9.60. The molecule has 0 heterocycles. The zero-order chi connectivity index (χ0) is 14.5. The Kier molecular flexibility index (Phi) is 4.41. The Morgan fingerprint density at radius 1 is 1.15 bits per heavy atom. The molecule has 0 aliphatic heterocycles. The summed E-state index contributed by atoms with van der Waals surface area (Å²) in [5.41, 5.74) is 2.90. The van der Waals surface area contributed by atoms with Crippen LogP contribution in [0.1, 0.15) is 15.9 Å². The molecule has 0 aromatic heterocycles. The van der Waals surface area contributed by atoms with Crippen LogP contribution in [-0.4, -0.2) is 26.5 Å². The van der Waals surface area contributed by atoms with Crippen molar-refractivity contribution >= 4 is 11.5 Å². The van der Waals surface area contributed by atoms with Gasteiger partial charge in [-0.3, -0.25) is 4.79 Å². The summed E-state index contributed by atoms with van der Waals surface area (Å²) in [6.07, 6.45) is 0. The predicted octanol–water partition coefficient (Wildman–Crippen LogP) is 3.32. The molecule has 0 saturated heterocycles. The summed E-state index contributed by atoms with van der Waals surface area (Å²) < 4.78 is 5.14. The fourth-order valence-corrected chi connectivity index (χ4v) is 2.06. The number of hydrogen-bond donors (Lipinski definition) is 0. The van der Waals surface area contributed by atoms with Gasteiger partial charge in [-0.2, -0.15) is 0 Å². The molecule has 0 bridgehead atoms. The van der Waals surface area contributed by atoms with Crippen molar-refractivity contribution < 1.29 is 9.53 Å². The zero-order valence-corrected chi connectivity index (χ0v) is 12.1. The van der Waals surface area contributed by atoms with E-state index in [9.17, 15) is 4.79 Å². The fourth-order valence-electron chi connectivity index (χ4n) is 2.06. The van der Waals surface area contributed by atoms with E-state index in [0.717, 1.165) is 5.69 Å². The van der Waals surface area contributed by atoms with Crippen LogP contribution in [0.3, 0.4) is 0 Å². The number of ether oxygens (including phenoxy) is 1. The third-order valence-corrected chi connectivity index (χ3v) is 3.21. The van der Waals surface area contributed by atoms with Crippen LogP contribution in [0.2, 0.25) is 0 Å². The van der Waals surface area contributed by atoms with Crippen LogP contribution in [0.25, 0.3) is 0 Å². The minimum atomic E-state index is 0.0768. The zero-order valence-electron chi connectivity index (χ0n) is 12.1. The number of carbonyl (C=O) groups is 1. The van der Waals surface area contributed by atoms with Crippen LogP contribution in [0, 0.1) is 6.92 Å². The second-order valence-corrected chi connectivity index (χ2v) is 4.85. The van der Waals surface area contributed by atoms with E-state index in [-0.39, 0.29) is 5.78 Å². The third kappa shape index (κ3) is 3.38. The highest BCUT2D eigenvalue weighted by molar-refractivity contribution is 5.99. The van der Waals surface area contributed by atoms with E-state index >= 15 is 0 Å². The highest BCUT2D eigenvalue weighted by Gasteiger charge is 2.10. The van der Waals surface area contributed by atoms with Gasteiger partial charge in [-0.15, -0.1) is 0 Å². The van der Waals surface area contributed by atoms with E-state index in [1.165, 1.54) is 5.56 Å². The van der Waals surface area contributed by atoms with Gasteiger partial charge in [0, 0.05) is 18.3 Å². The Morgan fingerprint density at radius 3 is 2.60 bits per heavy atom. The van der Waals surface area contributed by atoms with Crippen LogP contribution >= 0.6 is 0 Å². The molecule has 2 aromatic carbocycles. The first-order valence-electron chi connectivity index (χ1n) is 6.55. The van der Waals surface area contributed by atoms with Crippen LogP contribution < -0.4 is 9.64 Å². The molecule has 0 aliphatic carbocycles. The second kappa shape index (κ2) is 6.24. The number of nitrogens with zero attached hydrogens (tertiary/aromatic N) is 1. The molecule has 0 N–H and O–H groups in total. The molecule has 0 atom stereocenters. The highest BCUT2D eigenvalue weighted by Crippen LogP contribution is 2.17. The first-order valence-corrected chi connectivity index (χ1v) is 6.55. The van der Waals surface area contributed by atoms with Gasteiger partial charge < -0.3 is 9.64 Å². The predicted molar refractivity (Wildman–Crippen MR) is 81.8 cm³/mol. The van der Waals surface area contributed by atoms with Crippen LogP contribution in [0.4, 0.5) is 5.69 Å². The van der Waals surface area contributed by atoms with E-state index in [4.69, 9.17) is 4.74 Å². The van der Waals surface area contributed by atoms with Crippen molar-refractivity contribution in [2.45, 2.75) is 6.92 Å². The van der Waals surface area contributed by atoms with Crippen LogP contribution in [0.15, 0.2) is 48.5 Å². The molecule has 104 valence electrons. The minimum absolute atomic E-state index is 0.0768. The summed E-state index contributed by atoms with van der Waals surface area (Å²) in [7, 11) is 3.52. The summed E-state index contributed by atoms with van der Waals surface area (Å²) in [6, 6.07) is 15.4. The molecule has 3 nitrogen and oxygen atoms in total. The number of benzene rings is 2. The molecule has 3 heteroatoms. The molecular formula is C17H19NO2. The average molecular weight is 269 g/mol. The maximum absolute atomic E-state index is 12.3. The lowest BCUT2D eigenvalue weighted by atomic mass is 10.1. The van der Waals surface area contributed by atoms with Gasteiger partial charge in [0.1, 0.15) is 5.75 Å². The van der Waals surface area contributed by atoms with E-state index in [0.29, 0.717) is 17.9 Å². The standard InChI is InChI=1S/C17H19NO2/c1-13-6-4-8-15(10-13)18(2)12-17(19)14-7-5-9-16(11-14)20-3/h4-11H,12H2,1-3H3. The molecule has 0 spiro atoms. The van der Waals surface area contributed by atoms with Gasteiger partial charge in [0.25, 0.3) is 0 Å². The molecule has 0 amide bonds. The van der Waals surface area contributed by atoms with E-state index in [1.54, 1.807) is 13.2 Å². The number of Topliss-reactive ketones (excluding diaryl/α,β-unsaturated/α-hetero) is 1. The van der Waals surface area contributed by atoms with Crippen molar-refractivity contribution in [2.75, 3.05) is 25.6 Å². The summed E-state index contributed by atoms with van der Waals surface area (Å²) in [5.74, 6) is 0.780. The topological polar surface area (TPSA) is 29.5 Å². The number of aryl methyl sites for hydroxylation is 1. The summed E-state index contributed by atoms with van der Waals surface area (Å²) >= 11 is 0. The lowest BCUT2D eigenvalue weighted by molar-refractivity contribution is 0.1000. The Hall–Kier alpha value is -2.29. The second-order valence-electron chi connectivity index (χ2n) is 4.85. The lowest BCUT2D eigenvalue weighted by Gasteiger charge is -2.19. The van der Waals surface area contributed by atoms with Gasteiger partial charge in [0.15, 0.2) is 5.78 Å².